The van der Waals surface area contributed by atoms with Gasteiger partial charge in [0.25, 0.3) is 5.56 Å². The van der Waals surface area contributed by atoms with Crippen molar-refractivity contribution < 1.29 is 18.7 Å². The van der Waals surface area contributed by atoms with Gasteiger partial charge in [0.05, 0.1) is 17.2 Å². The molecule has 0 radical (unpaired) electrons. The van der Waals surface area contributed by atoms with Crippen LogP contribution in [-0.4, -0.2) is 19.6 Å². The predicted molar refractivity (Wildman–Crippen MR) is 164 cm³/mol. The molecule has 3 heterocycles. The molecule has 3 unspecified atom stereocenters. The fourth-order valence-electron chi connectivity index (χ4n) is 7.18. The van der Waals surface area contributed by atoms with E-state index in [0.29, 0.717) is 67.9 Å². The Morgan fingerprint density at radius 3 is 2.53 bits per heavy atom. The topological polar surface area (TPSA) is 93.3 Å². The number of nitrogens with zero attached hydrogens (tertiary/aromatic N) is 2. The molecule has 2 aliphatic carbocycles. The van der Waals surface area contributed by atoms with Gasteiger partial charge in [0.1, 0.15) is 34.4 Å². The van der Waals surface area contributed by atoms with E-state index in [1.807, 2.05) is 12.1 Å². The van der Waals surface area contributed by atoms with E-state index in [2.05, 4.69) is 4.98 Å². The number of H-pyrrole nitrogens is 1. The van der Waals surface area contributed by atoms with Gasteiger partial charge in [-0.15, -0.1) is 0 Å². The van der Waals surface area contributed by atoms with Crippen LogP contribution in [0.25, 0.3) is 33.6 Å². The van der Waals surface area contributed by atoms with Gasteiger partial charge in [0.2, 0.25) is 0 Å². The fourth-order valence-corrected chi connectivity index (χ4v) is 7.18. The summed E-state index contributed by atoms with van der Waals surface area (Å²) in [5, 5.41) is 11.3. The maximum Gasteiger partial charge on any atom is 0.261 e. The van der Waals surface area contributed by atoms with Crippen molar-refractivity contribution in [3.05, 3.63) is 87.5 Å². The van der Waals surface area contributed by atoms with Crippen LogP contribution in [0.3, 0.4) is 0 Å². The van der Waals surface area contributed by atoms with Crippen molar-refractivity contribution in [2.45, 2.75) is 64.9 Å². The Kier molecular flexibility index (Phi) is 6.40. The van der Waals surface area contributed by atoms with Crippen molar-refractivity contribution in [1.29, 1.82) is 0 Å². The second kappa shape index (κ2) is 9.95. The van der Waals surface area contributed by atoms with Crippen molar-refractivity contribution in [3.63, 3.8) is 0 Å². The molecule has 0 spiro atoms. The number of benzene rings is 2. The zero-order valence-corrected chi connectivity index (χ0v) is 25.1. The number of pyridine rings is 1. The fraction of sp³-hybridized carbons (Fsp3) is 0.371. The summed E-state index contributed by atoms with van der Waals surface area (Å²) < 4.78 is 28.5. The molecule has 7 nitrogen and oxygen atoms in total. The van der Waals surface area contributed by atoms with Crippen LogP contribution >= 0.6 is 0 Å². The zero-order valence-electron chi connectivity index (χ0n) is 25.1. The SMILES string of the molecule is Cc1cc(F)cc(C)c1Oc1ccc(C(C)(C)O)cc1-c1cn(C)c(=O)c2cc(-c3cnc(C4CC5CCC4C5)[nH]3)oc12. The molecule has 8 heteroatoms. The van der Waals surface area contributed by atoms with E-state index in [-0.39, 0.29) is 11.4 Å². The summed E-state index contributed by atoms with van der Waals surface area (Å²) in [5.41, 5.74) is 3.09. The molecule has 2 aromatic carbocycles. The molecule has 2 bridgehead atoms. The maximum absolute atomic E-state index is 14.1. The lowest BCUT2D eigenvalue weighted by molar-refractivity contribution is 0.0786. The number of furan rings is 1. The molecule has 7 rings (SSSR count). The van der Waals surface area contributed by atoms with Crippen molar-refractivity contribution in [2.24, 2.45) is 18.9 Å². The van der Waals surface area contributed by atoms with Gasteiger partial charge in [-0.1, -0.05) is 12.5 Å². The average molecular weight is 582 g/mol. The zero-order chi connectivity index (χ0) is 30.2. The molecule has 222 valence electrons. The molecule has 5 aromatic rings. The normalized spacial score (nSPS) is 19.9. The maximum atomic E-state index is 14.1. The number of fused-ring (bicyclic) bond motifs is 3. The standard InChI is InChI=1S/C35H36FN3O4/c1-18-10-23(36)11-19(2)31(18)42-29-9-8-22(35(3,4)41)14-25(29)27-17-39(5)34(40)26-15-30(43-32(26)27)28-16-37-33(38-28)24-13-20-6-7-21(24)12-20/h8-11,14-17,20-21,24,41H,6-7,12-13H2,1-5H3,(H,37,38). The van der Waals surface area contributed by atoms with Crippen molar-refractivity contribution in [3.8, 4) is 34.1 Å². The highest BCUT2D eigenvalue weighted by Gasteiger charge is 2.41. The number of nitrogens with one attached hydrogen (secondary N) is 1. The van der Waals surface area contributed by atoms with Crippen LogP contribution < -0.4 is 10.3 Å². The van der Waals surface area contributed by atoms with Gasteiger partial charge in [0, 0.05) is 30.3 Å². The highest BCUT2D eigenvalue weighted by atomic mass is 19.1. The van der Waals surface area contributed by atoms with E-state index in [0.717, 1.165) is 17.4 Å². The number of aryl methyl sites for hydroxylation is 3. The summed E-state index contributed by atoms with van der Waals surface area (Å²) in [7, 11) is 1.70. The van der Waals surface area contributed by atoms with Crippen LogP contribution in [0.5, 0.6) is 11.5 Å². The molecule has 3 atom stereocenters. The van der Waals surface area contributed by atoms with Crippen molar-refractivity contribution >= 4 is 11.0 Å². The van der Waals surface area contributed by atoms with Crippen LogP contribution in [0.4, 0.5) is 4.39 Å². The van der Waals surface area contributed by atoms with Gasteiger partial charge in [-0.25, -0.2) is 9.37 Å². The van der Waals surface area contributed by atoms with Crippen molar-refractivity contribution in [2.75, 3.05) is 0 Å². The number of aliphatic hydroxyl groups is 1. The third-order valence-electron chi connectivity index (χ3n) is 9.41. The molecule has 3 aromatic heterocycles. The van der Waals surface area contributed by atoms with E-state index >= 15 is 0 Å². The highest BCUT2D eigenvalue weighted by Crippen LogP contribution is 2.52. The number of hydrogen-bond acceptors (Lipinski definition) is 5. The summed E-state index contributed by atoms with van der Waals surface area (Å²) in [6, 6.07) is 10.1. The number of aromatic nitrogens is 3. The van der Waals surface area contributed by atoms with E-state index in [1.54, 1.807) is 59.3 Å². The first kappa shape index (κ1) is 27.7. The Morgan fingerprint density at radius 1 is 1.09 bits per heavy atom. The summed E-state index contributed by atoms with van der Waals surface area (Å²) in [4.78, 5) is 21.6. The van der Waals surface area contributed by atoms with Crippen LogP contribution in [0.1, 0.15) is 68.0 Å². The monoisotopic (exact) mass is 581 g/mol. The van der Waals surface area contributed by atoms with Gasteiger partial charge in [0.15, 0.2) is 5.76 Å². The molecule has 2 N–H and O–H groups in total. The number of hydrogen-bond donors (Lipinski definition) is 2. The lowest BCUT2D eigenvalue weighted by Gasteiger charge is -2.21. The minimum absolute atomic E-state index is 0.187. The second-order valence-electron chi connectivity index (χ2n) is 13.0. The predicted octanol–water partition coefficient (Wildman–Crippen LogP) is 7.87. The Balaban J connectivity index is 1.37. The van der Waals surface area contributed by atoms with Crippen LogP contribution in [0.15, 0.2) is 58.0 Å². The molecule has 43 heavy (non-hydrogen) atoms. The smallest absolute Gasteiger partial charge is 0.261 e. The Bertz CT molecular complexity index is 1920. The highest BCUT2D eigenvalue weighted by molar-refractivity contribution is 5.95. The largest absolute Gasteiger partial charge is 0.456 e. The van der Waals surface area contributed by atoms with Crippen LogP contribution in [0, 0.1) is 31.5 Å². The molecule has 2 aliphatic rings. The lowest BCUT2D eigenvalue weighted by atomic mass is 9.88. The first-order chi connectivity index (χ1) is 20.5. The van der Waals surface area contributed by atoms with E-state index in [1.165, 1.54) is 42.4 Å². The quantitative estimate of drug-likeness (QED) is 0.213. The Hall–Kier alpha value is -4.17. The van der Waals surface area contributed by atoms with Gasteiger partial charge in [-0.05, 0) is 106 Å². The average Bonchev–Trinajstić information content (AvgIpc) is 3.76. The third-order valence-corrected chi connectivity index (χ3v) is 9.41. The molecule has 0 aliphatic heterocycles. The third kappa shape index (κ3) is 4.78. The minimum atomic E-state index is -1.13. The number of halogens is 1. The van der Waals surface area contributed by atoms with E-state index in [9.17, 15) is 14.3 Å². The number of rotatable bonds is 6. The summed E-state index contributed by atoms with van der Waals surface area (Å²) in [6.45, 7) is 7.03. The van der Waals surface area contributed by atoms with Crippen LogP contribution in [-0.2, 0) is 12.6 Å². The van der Waals surface area contributed by atoms with Gasteiger partial charge >= 0.3 is 0 Å². The Labute approximate surface area is 249 Å². The molecule has 0 saturated heterocycles. The van der Waals surface area contributed by atoms with Crippen LogP contribution in [0.2, 0.25) is 0 Å². The molecular weight excluding hydrogens is 545 g/mol. The molecule has 0 amide bonds. The Morgan fingerprint density at radius 2 is 1.86 bits per heavy atom. The molecular formula is C35H36FN3O4. The van der Waals surface area contributed by atoms with E-state index < -0.39 is 5.60 Å². The minimum Gasteiger partial charge on any atom is -0.456 e. The molecule has 2 fully saturated rings. The number of aromatic amines is 1. The number of imidazole rings is 1. The van der Waals surface area contributed by atoms with E-state index in [4.69, 9.17) is 14.1 Å². The first-order valence-electron chi connectivity index (χ1n) is 15.0. The number of ether oxygens (including phenoxy) is 1. The lowest BCUT2D eigenvalue weighted by Crippen LogP contribution is -2.17. The molecule has 2 saturated carbocycles. The van der Waals surface area contributed by atoms with Gasteiger partial charge < -0.3 is 23.8 Å². The summed E-state index contributed by atoms with van der Waals surface area (Å²) >= 11 is 0. The summed E-state index contributed by atoms with van der Waals surface area (Å²) in [5.74, 6) is 4.18. The van der Waals surface area contributed by atoms with Gasteiger partial charge in [-0.3, -0.25) is 4.79 Å². The summed E-state index contributed by atoms with van der Waals surface area (Å²) in [6.07, 6.45) is 8.58. The first-order valence-corrected chi connectivity index (χ1v) is 15.0. The van der Waals surface area contributed by atoms with Gasteiger partial charge in [-0.2, -0.15) is 0 Å². The second-order valence-corrected chi connectivity index (χ2v) is 13.0. The van der Waals surface area contributed by atoms with Crippen molar-refractivity contribution in [1.82, 2.24) is 14.5 Å².